The molecule has 0 saturated carbocycles. The second-order valence-electron chi connectivity index (χ2n) is 6.97. The zero-order chi connectivity index (χ0) is 19.9. The van der Waals surface area contributed by atoms with Crippen LogP contribution in [-0.2, 0) is 9.59 Å². The Morgan fingerprint density at radius 1 is 1.25 bits per heavy atom. The molecular formula is C20H20N4O3S. The van der Waals surface area contributed by atoms with Crippen molar-refractivity contribution in [3.63, 3.8) is 0 Å². The summed E-state index contributed by atoms with van der Waals surface area (Å²) in [5.41, 5.74) is 2.01. The zero-order valence-corrected chi connectivity index (χ0v) is 16.6. The number of thioether (sulfide) groups is 1. The normalized spacial score (nSPS) is 15.2. The summed E-state index contributed by atoms with van der Waals surface area (Å²) in [7, 11) is 1.61. The molecule has 3 aromatic rings. The van der Waals surface area contributed by atoms with Gasteiger partial charge in [-0.1, -0.05) is 23.9 Å². The predicted octanol–water partition coefficient (Wildman–Crippen LogP) is 3.43. The number of aromatic amines is 1. The number of aromatic nitrogens is 2. The molecule has 2 amide bonds. The number of imidazole rings is 1. The van der Waals surface area contributed by atoms with Gasteiger partial charge in [0.25, 0.3) is 0 Å². The maximum atomic E-state index is 13.1. The molecule has 0 fully saturated rings. The van der Waals surface area contributed by atoms with Crippen LogP contribution >= 0.6 is 11.8 Å². The lowest BCUT2D eigenvalue weighted by atomic mass is 9.96. The monoisotopic (exact) mass is 396 g/mol. The molecule has 2 heterocycles. The van der Waals surface area contributed by atoms with Gasteiger partial charge >= 0.3 is 0 Å². The predicted molar refractivity (Wildman–Crippen MR) is 110 cm³/mol. The fraction of sp³-hybridized carbons (Fsp3) is 0.250. The molecule has 8 heteroatoms. The van der Waals surface area contributed by atoms with Crippen LogP contribution in [0.4, 0.5) is 11.4 Å². The van der Waals surface area contributed by atoms with E-state index in [2.05, 4.69) is 15.3 Å². The van der Waals surface area contributed by atoms with Crippen molar-refractivity contribution in [3.05, 3.63) is 42.5 Å². The lowest BCUT2D eigenvalue weighted by molar-refractivity contribution is -0.125. The van der Waals surface area contributed by atoms with Crippen LogP contribution in [0.25, 0.3) is 11.0 Å². The van der Waals surface area contributed by atoms with Gasteiger partial charge in [0.05, 0.1) is 35.3 Å². The topological polar surface area (TPSA) is 87.3 Å². The minimum atomic E-state index is -0.979. The molecule has 0 spiro atoms. The van der Waals surface area contributed by atoms with E-state index in [9.17, 15) is 9.59 Å². The largest absolute Gasteiger partial charge is 0.497 e. The average molecular weight is 396 g/mol. The Kier molecular flexibility index (Phi) is 4.50. The number of anilines is 2. The molecule has 144 valence electrons. The number of fused-ring (bicyclic) bond motifs is 2. The maximum absolute atomic E-state index is 13.1. The number of nitrogens with one attached hydrogen (secondary N) is 2. The van der Waals surface area contributed by atoms with Gasteiger partial charge in [0, 0.05) is 6.07 Å². The van der Waals surface area contributed by atoms with Gasteiger partial charge in [0.1, 0.15) is 11.3 Å². The highest BCUT2D eigenvalue weighted by atomic mass is 32.2. The summed E-state index contributed by atoms with van der Waals surface area (Å²) in [6.07, 6.45) is 0. The molecule has 0 unspecified atom stereocenters. The summed E-state index contributed by atoms with van der Waals surface area (Å²) < 4.78 is 5.22. The molecule has 1 aliphatic rings. The van der Waals surface area contributed by atoms with Crippen LogP contribution in [0.15, 0.2) is 47.6 Å². The average Bonchev–Trinajstić information content (AvgIpc) is 3.09. The van der Waals surface area contributed by atoms with Gasteiger partial charge in [0.15, 0.2) is 5.16 Å². The van der Waals surface area contributed by atoms with E-state index >= 15 is 0 Å². The minimum Gasteiger partial charge on any atom is -0.497 e. The molecule has 4 rings (SSSR count). The van der Waals surface area contributed by atoms with Gasteiger partial charge in [-0.2, -0.15) is 0 Å². The first-order valence-corrected chi connectivity index (χ1v) is 9.79. The summed E-state index contributed by atoms with van der Waals surface area (Å²) in [5.74, 6) is 0.527. The molecule has 2 N–H and O–H groups in total. The SMILES string of the molecule is COc1ccc2nc(SCC(=O)N3c4ccccc4NC(=O)C3(C)C)[nH]c2c1. The van der Waals surface area contributed by atoms with Gasteiger partial charge in [-0.25, -0.2) is 4.98 Å². The molecule has 0 bridgehead atoms. The van der Waals surface area contributed by atoms with Crippen molar-refractivity contribution in [2.75, 3.05) is 23.1 Å². The van der Waals surface area contributed by atoms with Crippen LogP contribution in [0.3, 0.4) is 0 Å². The van der Waals surface area contributed by atoms with E-state index in [1.165, 1.54) is 11.8 Å². The van der Waals surface area contributed by atoms with Gasteiger partial charge in [-0.3, -0.25) is 14.5 Å². The van der Waals surface area contributed by atoms with E-state index in [-0.39, 0.29) is 17.6 Å². The Bertz CT molecular complexity index is 1080. The number of carbonyl (C=O) groups is 2. The first-order chi connectivity index (χ1) is 13.4. The third-order valence-corrected chi connectivity index (χ3v) is 5.61. The number of H-pyrrole nitrogens is 1. The molecule has 28 heavy (non-hydrogen) atoms. The Balaban J connectivity index is 1.57. The summed E-state index contributed by atoms with van der Waals surface area (Å²) in [5, 5.41) is 3.51. The zero-order valence-electron chi connectivity index (χ0n) is 15.8. The van der Waals surface area contributed by atoms with Crippen molar-refractivity contribution in [1.82, 2.24) is 9.97 Å². The Morgan fingerprint density at radius 3 is 2.82 bits per heavy atom. The molecule has 0 atom stereocenters. The molecular weight excluding hydrogens is 376 g/mol. The summed E-state index contributed by atoms with van der Waals surface area (Å²) in [4.78, 5) is 34.8. The molecule has 1 aromatic heterocycles. The van der Waals surface area contributed by atoms with E-state index in [1.54, 1.807) is 31.9 Å². The highest BCUT2D eigenvalue weighted by Gasteiger charge is 2.43. The molecule has 1 aliphatic heterocycles. The first kappa shape index (κ1) is 18.4. The van der Waals surface area contributed by atoms with Crippen molar-refractivity contribution >= 4 is 46.0 Å². The third-order valence-electron chi connectivity index (χ3n) is 4.76. The van der Waals surface area contributed by atoms with E-state index in [0.29, 0.717) is 16.5 Å². The number of benzene rings is 2. The molecule has 0 radical (unpaired) electrons. The van der Waals surface area contributed by atoms with Crippen LogP contribution in [0.2, 0.25) is 0 Å². The number of carbonyl (C=O) groups excluding carboxylic acids is 2. The minimum absolute atomic E-state index is 0.155. The molecule has 0 aliphatic carbocycles. The van der Waals surface area contributed by atoms with Crippen molar-refractivity contribution in [3.8, 4) is 5.75 Å². The lowest BCUT2D eigenvalue weighted by Crippen LogP contribution is -2.58. The van der Waals surface area contributed by atoms with E-state index in [1.807, 2.05) is 36.4 Å². The third kappa shape index (κ3) is 3.09. The molecule has 2 aromatic carbocycles. The Labute approximate surface area is 166 Å². The number of amides is 2. The number of methoxy groups -OCH3 is 1. The number of rotatable bonds is 4. The van der Waals surface area contributed by atoms with Crippen LogP contribution < -0.4 is 15.0 Å². The fourth-order valence-corrected chi connectivity index (χ4v) is 3.99. The van der Waals surface area contributed by atoms with Crippen LogP contribution in [0, 0.1) is 0 Å². The highest BCUT2D eigenvalue weighted by molar-refractivity contribution is 7.99. The van der Waals surface area contributed by atoms with Crippen molar-refractivity contribution in [2.45, 2.75) is 24.5 Å². The number of hydrogen-bond donors (Lipinski definition) is 2. The number of nitrogens with zero attached hydrogens (tertiary/aromatic N) is 2. The standard InChI is InChI=1S/C20H20N4O3S/c1-20(2)18(26)21-14-6-4-5-7-16(14)24(20)17(25)11-28-19-22-13-9-8-12(27-3)10-15(13)23-19/h4-10H,11H2,1-3H3,(H,21,26)(H,22,23). The maximum Gasteiger partial charge on any atom is 0.250 e. The van der Waals surface area contributed by atoms with Gasteiger partial charge in [-0.15, -0.1) is 0 Å². The van der Waals surface area contributed by atoms with Crippen LogP contribution in [0.5, 0.6) is 5.75 Å². The second kappa shape index (κ2) is 6.87. The van der Waals surface area contributed by atoms with Crippen LogP contribution in [-0.4, -0.2) is 40.2 Å². The number of hydrogen-bond acceptors (Lipinski definition) is 5. The van der Waals surface area contributed by atoms with Crippen molar-refractivity contribution in [2.24, 2.45) is 0 Å². The van der Waals surface area contributed by atoms with E-state index < -0.39 is 5.54 Å². The van der Waals surface area contributed by atoms with E-state index in [4.69, 9.17) is 4.74 Å². The van der Waals surface area contributed by atoms with Gasteiger partial charge in [-0.05, 0) is 38.1 Å². The van der Waals surface area contributed by atoms with Gasteiger partial charge in [0.2, 0.25) is 11.8 Å². The van der Waals surface area contributed by atoms with Gasteiger partial charge < -0.3 is 15.0 Å². The fourth-order valence-electron chi connectivity index (χ4n) is 3.25. The van der Waals surface area contributed by atoms with Crippen molar-refractivity contribution in [1.29, 1.82) is 0 Å². The van der Waals surface area contributed by atoms with Crippen molar-refractivity contribution < 1.29 is 14.3 Å². The second-order valence-corrected chi connectivity index (χ2v) is 7.94. The molecule has 7 nitrogen and oxygen atoms in total. The molecule has 0 saturated heterocycles. The lowest BCUT2D eigenvalue weighted by Gasteiger charge is -2.42. The summed E-state index contributed by atoms with van der Waals surface area (Å²) in [6.45, 7) is 3.49. The van der Waals surface area contributed by atoms with E-state index in [0.717, 1.165) is 16.8 Å². The Morgan fingerprint density at radius 2 is 2.04 bits per heavy atom. The summed E-state index contributed by atoms with van der Waals surface area (Å²) in [6, 6.07) is 12.9. The number of para-hydroxylation sites is 2. The quantitative estimate of drug-likeness (QED) is 0.660. The first-order valence-electron chi connectivity index (χ1n) is 8.80. The Hall–Kier alpha value is -3.00. The smallest absolute Gasteiger partial charge is 0.250 e. The summed E-state index contributed by atoms with van der Waals surface area (Å²) >= 11 is 1.31. The highest BCUT2D eigenvalue weighted by Crippen LogP contribution is 2.37. The van der Waals surface area contributed by atoms with Crippen LogP contribution in [0.1, 0.15) is 13.8 Å². The number of ether oxygens (including phenoxy) is 1.